The number of sulfone groups is 1. The number of benzene rings is 1. The number of methoxy groups -OCH3 is 1. The molecule has 0 unspecified atom stereocenters. The molecule has 2 aromatic heterocycles. The lowest BCUT2D eigenvalue weighted by molar-refractivity contribution is 0.215. The van der Waals surface area contributed by atoms with Gasteiger partial charge in [-0.15, -0.1) is 0 Å². The molecular weight excluding hydrogens is 406 g/mol. The summed E-state index contributed by atoms with van der Waals surface area (Å²) in [5.74, 6) is -0.743. The molecule has 0 bridgehead atoms. The SMILES string of the molecule is COCCS(=O)(=O)Oc1ccnc(CS(=O)(=O)c2nc3ccccc3[nH]2)c1C. The fourth-order valence-corrected chi connectivity index (χ4v) is 4.68. The molecule has 0 amide bonds. The molecule has 0 atom stereocenters. The maximum atomic E-state index is 12.8. The normalized spacial score (nSPS) is 12.4. The molecule has 1 N–H and O–H groups in total. The molecule has 0 saturated heterocycles. The first kappa shape index (κ1) is 20.2. The third-order valence-electron chi connectivity index (χ3n) is 4.00. The monoisotopic (exact) mass is 425 g/mol. The quantitative estimate of drug-likeness (QED) is 0.539. The largest absolute Gasteiger partial charge is 0.383 e. The molecule has 150 valence electrons. The van der Waals surface area contributed by atoms with Crippen LogP contribution >= 0.6 is 0 Å². The minimum absolute atomic E-state index is 0.0141. The third-order valence-corrected chi connectivity index (χ3v) is 6.54. The number of aromatic nitrogens is 3. The summed E-state index contributed by atoms with van der Waals surface area (Å²) >= 11 is 0. The number of ether oxygens (including phenoxy) is 1. The molecule has 1 aromatic carbocycles. The smallest absolute Gasteiger partial charge is 0.311 e. The van der Waals surface area contributed by atoms with Crippen LogP contribution in [0.1, 0.15) is 11.3 Å². The Kier molecular flexibility index (Phi) is 5.68. The van der Waals surface area contributed by atoms with Crippen LogP contribution in [0.25, 0.3) is 11.0 Å². The molecule has 0 saturated carbocycles. The molecule has 0 fully saturated rings. The second-order valence-electron chi connectivity index (χ2n) is 6.04. The molecule has 0 radical (unpaired) electrons. The van der Waals surface area contributed by atoms with Gasteiger partial charge in [0.25, 0.3) is 0 Å². The van der Waals surface area contributed by atoms with Crippen molar-refractivity contribution in [3.63, 3.8) is 0 Å². The van der Waals surface area contributed by atoms with Gasteiger partial charge in [0.05, 0.1) is 23.3 Å². The van der Waals surface area contributed by atoms with Crippen molar-refractivity contribution in [1.82, 2.24) is 15.0 Å². The summed E-state index contributed by atoms with van der Waals surface area (Å²) in [5.41, 5.74) is 1.64. The molecule has 2 heterocycles. The van der Waals surface area contributed by atoms with Gasteiger partial charge < -0.3 is 13.9 Å². The fourth-order valence-electron chi connectivity index (χ4n) is 2.48. The van der Waals surface area contributed by atoms with Crippen LogP contribution in [0.5, 0.6) is 5.75 Å². The highest BCUT2D eigenvalue weighted by Crippen LogP contribution is 2.25. The number of hydrogen-bond donors (Lipinski definition) is 1. The second kappa shape index (κ2) is 7.86. The number of nitrogens with zero attached hydrogens (tertiary/aromatic N) is 2. The number of hydrogen-bond acceptors (Lipinski definition) is 8. The van der Waals surface area contributed by atoms with E-state index in [1.165, 1.54) is 19.4 Å². The summed E-state index contributed by atoms with van der Waals surface area (Å²) < 4.78 is 59.3. The standard InChI is InChI=1S/C17H19N3O6S2/c1-12-15(18-8-7-16(12)26-28(23,24)10-9-25-2)11-27(21,22)17-19-13-5-3-4-6-14(13)20-17/h3-8H,9-11H2,1-2H3,(H,19,20). The number of pyridine rings is 1. The van der Waals surface area contributed by atoms with Gasteiger partial charge in [-0.3, -0.25) is 4.98 Å². The van der Waals surface area contributed by atoms with Gasteiger partial charge in [-0.25, -0.2) is 13.4 Å². The van der Waals surface area contributed by atoms with Crippen LogP contribution in [0.2, 0.25) is 0 Å². The number of para-hydroxylation sites is 2. The molecule has 9 nitrogen and oxygen atoms in total. The van der Waals surface area contributed by atoms with Gasteiger partial charge in [-0.2, -0.15) is 8.42 Å². The van der Waals surface area contributed by atoms with Crippen molar-refractivity contribution in [2.75, 3.05) is 19.5 Å². The average molecular weight is 425 g/mol. The van der Waals surface area contributed by atoms with Crippen LogP contribution in [0.15, 0.2) is 41.7 Å². The van der Waals surface area contributed by atoms with Crippen LogP contribution in [0.4, 0.5) is 0 Å². The highest BCUT2D eigenvalue weighted by molar-refractivity contribution is 7.90. The van der Waals surface area contributed by atoms with E-state index in [2.05, 4.69) is 15.0 Å². The highest BCUT2D eigenvalue weighted by atomic mass is 32.2. The number of imidazole rings is 1. The van der Waals surface area contributed by atoms with E-state index in [4.69, 9.17) is 8.92 Å². The molecule has 0 spiro atoms. The Morgan fingerprint density at radius 2 is 1.86 bits per heavy atom. The maximum Gasteiger partial charge on any atom is 0.311 e. The lowest BCUT2D eigenvalue weighted by Crippen LogP contribution is -2.18. The molecule has 3 rings (SSSR count). The van der Waals surface area contributed by atoms with E-state index in [9.17, 15) is 16.8 Å². The summed E-state index contributed by atoms with van der Waals surface area (Å²) in [4.78, 5) is 11.0. The van der Waals surface area contributed by atoms with Gasteiger partial charge in [0, 0.05) is 24.9 Å². The summed E-state index contributed by atoms with van der Waals surface area (Å²) in [5, 5.41) is -0.172. The number of aromatic amines is 1. The molecular formula is C17H19N3O6S2. The van der Waals surface area contributed by atoms with E-state index < -0.39 is 25.7 Å². The summed E-state index contributed by atoms with van der Waals surface area (Å²) in [7, 11) is -6.31. The number of nitrogens with one attached hydrogen (secondary N) is 1. The van der Waals surface area contributed by atoms with E-state index in [0.29, 0.717) is 16.6 Å². The van der Waals surface area contributed by atoms with Crippen molar-refractivity contribution in [3.05, 3.63) is 47.8 Å². The van der Waals surface area contributed by atoms with Crippen LogP contribution < -0.4 is 4.18 Å². The van der Waals surface area contributed by atoms with Crippen molar-refractivity contribution in [2.24, 2.45) is 0 Å². The topological polar surface area (TPSA) is 128 Å². The zero-order valence-corrected chi connectivity index (χ0v) is 16.9. The van der Waals surface area contributed by atoms with Gasteiger partial charge in [0.1, 0.15) is 17.3 Å². The lowest BCUT2D eigenvalue weighted by Gasteiger charge is -2.11. The Morgan fingerprint density at radius 1 is 1.11 bits per heavy atom. The Labute approximate surface area is 162 Å². The summed E-state index contributed by atoms with van der Waals surface area (Å²) in [6.07, 6.45) is 1.30. The van der Waals surface area contributed by atoms with E-state index >= 15 is 0 Å². The minimum Gasteiger partial charge on any atom is -0.383 e. The Morgan fingerprint density at radius 3 is 2.57 bits per heavy atom. The highest BCUT2D eigenvalue weighted by Gasteiger charge is 2.23. The van der Waals surface area contributed by atoms with Crippen LogP contribution in [-0.2, 0) is 30.4 Å². The van der Waals surface area contributed by atoms with Gasteiger partial charge in [-0.05, 0) is 19.1 Å². The van der Waals surface area contributed by atoms with Gasteiger partial charge in [-0.1, -0.05) is 12.1 Å². The summed E-state index contributed by atoms with van der Waals surface area (Å²) in [6.45, 7) is 1.54. The molecule has 0 aliphatic heterocycles. The first-order valence-corrected chi connectivity index (χ1v) is 11.5. The van der Waals surface area contributed by atoms with Crippen LogP contribution in [0.3, 0.4) is 0 Å². The minimum atomic E-state index is -3.87. The zero-order chi connectivity index (χ0) is 20.4. The number of H-pyrrole nitrogens is 1. The molecule has 3 aromatic rings. The molecule has 28 heavy (non-hydrogen) atoms. The molecule has 0 aliphatic carbocycles. The van der Waals surface area contributed by atoms with E-state index in [1.54, 1.807) is 31.2 Å². The molecule has 0 aliphatic rings. The third kappa shape index (κ3) is 4.49. The first-order chi connectivity index (χ1) is 13.2. The van der Waals surface area contributed by atoms with Gasteiger partial charge >= 0.3 is 10.1 Å². The second-order valence-corrected chi connectivity index (χ2v) is 9.63. The van der Waals surface area contributed by atoms with Crippen molar-refractivity contribution in [1.29, 1.82) is 0 Å². The Hall–Kier alpha value is -2.50. The number of fused-ring (bicyclic) bond motifs is 1. The predicted octanol–water partition coefficient (Wildman–Crippen LogP) is 1.60. The van der Waals surface area contributed by atoms with E-state index in [-0.39, 0.29) is 29.0 Å². The van der Waals surface area contributed by atoms with Crippen LogP contribution in [0, 0.1) is 6.92 Å². The van der Waals surface area contributed by atoms with Crippen molar-refractivity contribution >= 4 is 31.0 Å². The Bertz CT molecular complexity index is 1170. The Balaban J connectivity index is 1.88. The van der Waals surface area contributed by atoms with Gasteiger partial charge in [0.2, 0.25) is 15.0 Å². The van der Waals surface area contributed by atoms with Crippen molar-refractivity contribution < 1.29 is 25.8 Å². The van der Waals surface area contributed by atoms with Crippen LogP contribution in [-0.4, -0.2) is 51.3 Å². The van der Waals surface area contributed by atoms with Gasteiger partial charge in [0.15, 0.2) is 0 Å². The van der Waals surface area contributed by atoms with Crippen molar-refractivity contribution in [2.45, 2.75) is 17.8 Å². The zero-order valence-electron chi connectivity index (χ0n) is 15.2. The van der Waals surface area contributed by atoms with Crippen molar-refractivity contribution in [3.8, 4) is 5.75 Å². The van der Waals surface area contributed by atoms with E-state index in [0.717, 1.165) is 0 Å². The number of rotatable bonds is 8. The summed E-state index contributed by atoms with van der Waals surface area (Å²) in [6, 6.07) is 8.33. The maximum absolute atomic E-state index is 12.8. The predicted molar refractivity (Wildman–Crippen MR) is 102 cm³/mol. The first-order valence-electron chi connectivity index (χ1n) is 8.25. The molecule has 11 heteroatoms. The van der Waals surface area contributed by atoms with E-state index in [1.807, 2.05) is 0 Å². The fraction of sp³-hybridized carbons (Fsp3) is 0.294. The average Bonchev–Trinajstić information content (AvgIpc) is 3.08. The lowest BCUT2D eigenvalue weighted by atomic mass is 10.2.